The van der Waals surface area contributed by atoms with Crippen molar-refractivity contribution in [1.29, 1.82) is 0 Å². The Balaban J connectivity index is 1.90. The molecule has 100 valence electrons. The van der Waals surface area contributed by atoms with Crippen LogP contribution in [0.3, 0.4) is 0 Å². The molecule has 1 saturated carbocycles. The minimum Gasteiger partial charge on any atom is -0.393 e. The van der Waals surface area contributed by atoms with Crippen molar-refractivity contribution in [3.63, 3.8) is 0 Å². The maximum Gasteiger partial charge on any atom is 0.269 e. The molecule has 0 radical (unpaired) electrons. The quantitative estimate of drug-likeness (QED) is 0.758. The third kappa shape index (κ3) is 2.69. The van der Waals surface area contributed by atoms with Crippen LogP contribution in [-0.4, -0.2) is 59.3 Å². The zero-order chi connectivity index (χ0) is 13.3. The first-order valence-electron chi connectivity index (χ1n) is 6.25. The van der Waals surface area contributed by atoms with Crippen molar-refractivity contribution in [3.05, 3.63) is 0 Å². The summed E-state index contributed by atoms with van der Waals surface area (Å²) in [4.78, 5) is 25.0. The first kappa shape index (κ1) is 13.0. The normalized spacial score (nSPS) is 27.6. The van der Waals surface area contributed by atoms with Crippen molar-refractivity contribution < 1.29 is 14.7 Å². The van der Waals surface area contributed by atoms with Crippen molar-refractivity contribution in [1.82, 2.24) is 9.91 Å². The van der Waals surface area contributed by atoms with E-state index in [2.05, 4.69) is 5.10 Å². The Hall–Kier alpha value is -1.43. The molecule has 6 heteroatoms. The third-order valence-electron chi connectivity index (χ3n) is 3.54. The lowest BCUT2D eigenvalue weighted by Crippen LogP contribution is -2.43. The van der Waals surface area contributed by atoms with Crippen LogP contribution in [0.25, 0.3) is 0 Å². The Morgan fingerprint density at radius 3 is 2.72 bits per heavy atom. The Bertz CT molecular complexity index is 388. The summed E-state index contributed by atoms with van der Waals surface area (Å²) in [7, 11) is 3.31. The number of amides is 2. The summed E-state index contributed by atoms with van der Waals surface area (Å²) < 4.78 is 0. The summed E-state index contributed by atoms with van der Waals surface area (Å²) in [6, 6.07) is 0. The second-order valence-corrected chi connectivity index (χ2v) is 5.14. The zero-order valence-corrected chi connectivity index (χ0v) is 10.8. The summed E-state index contributed by atoms with van der Waals surface area (Å²) in [5.41, 5.74) is 0.444. The molecule has 1 heterocycles. The van der Waals surface area contributed by atoms with Crippen molar-refractivity contribution in [2.45, 2.75) is 31.8 Å². The second kappa shape index (κ2) is 5.06. The first-order valence-corrected chi connectivity index (χ1v) is 6.25. The molecule has 0 bridgehead atoms. The van der Waals surface area contributed by atoms with Crippen LogP contribution in [0, 0.1) is 5.92 Å². The minimum absolute atomic E-state index is 0.0590. The monoisotopic (exact) mass is 253 g/mol. The molecule has 0 unspecified atom stereocenters. The first-order chi connectivity index (χ1) is 8.47. The molecule has 18 heavy (non-hydrogen) atoms. The highest BCUT2D eigenvalue weighted by molar-refractivity contribution is 6.39. The van der Waals surface area contributed by atoms with Gasteiger partial charge in [0.15, 0.2) is 0 Å². The van der Waals surface area contributed by atoms with E-state index in [1.54, 1.807) is 19.0 Å². The van der Waals surface area contributed by atoms with E-state index >= 15 is 0 Å². The highest BCUT2D eigenvalue weighted by Crippen LogP contribution is 2.27. The fourth-order valence-electron chi connectivity index (χ4n) is 2.36. The molecule has 0 aromatic heterocycles. The topological polar surface area (TPSA) is 73.2 Å². The lowest BCUT2D eigenvalue weighted by atomic mass is 9.82. The number of carbonyl (C=O) groups is 2. The molecule has 0 spiro atoms. The predicted molar refractivity (Wildman–Crippen MR) is 65.8 cm³/mol. The second-order valence-electron chi connectivity index (χ2n) is 5.14. The van der Waals surface area contributed by atoms with Gasteiger partial charge in [0, 0.05) is 33.5 Å². The molecule has 0 atom stereocenters. The number of hydrazone groups is 1. The number of rotatable bonds is 3. The molecule has 2 amide bonds. The number of aliphatic hydroxyl groups is 1. The molecule has 6 nitrogen and oxygen atoms in total. The van der Waals surface area contributed by atoms with E-state index in [1.165, 1.54) is 5.01 Å². The predicted octanol–water partition coefficient (Wildman–Crippen LogP) is -0.176. The van der Waals surface area contributed by atoms with Gasteiger partial charge in [-0.25, -0.2) is 5.01 Å². The maximum absolute atomic E-state index is 12.1. The van der Waals surface area contributed by atoms with Crippen molar-refractivity contribution in [2.24, 2.45) is 11.0 Å². The van der Waals surface area contributed by atoms with Gasteiger partial charge < -0.3 is 10.0 Å². The van der Waals surface area contributed by atoms with Gasteiger partial charge in [-0.05, 0) is 18.8 Å². The zero-order valence-electron chi connectivity index (χ0n) is 10.8. The van der Waals surface area contributed by atoms with Gasteiger partial charge in [0.1, 0.15) is 5.71 Å². The van der Waals surface area contributed by atoms with Crippen LogP contribution in [0.2, 0.25) is 0 Å². The largest absolute Gasteiger partial charge is 0.393 e. The van der Waals surface area contributed by atoms with E-state index < -0.39 is 0 Å². The summed E-state index contributed by atoms with van der Waals surface area (Å²) in [5, 5.41) is 14.5. The van der Waals surface area contributed by atoms with Gasteiger partial charge >= 0.3 is 0 Å². The van der Waals surface area contributed by atoms with Crippen LogP contribution in [0.4, 0.5) is 0 Å². The van der Waals surface area contributed by atoms with Gasteiger partial charge in [-0.1, -0.05) is 0 Å². The van der Waals surface area contributed by atoms with Crippen molar-refractivity contribution >= 4 is 17.5 Å². The summed E-state index contributed by atoms with van der Waals surface area (Å²) in [5.74, 6) is 0.213. The number of nitrogens with zero attached hydrogens (tertiary/aromatic N) is 3. The molecule has 1 fully saturated rings. The van der Waals surface area contributed by atoms with Gasteiger partial charge in [0.05, 0.1) is 6.10 Å². The Labute approximate surface area is 106 Å². The van der Waals surface area contributed by atoms with E-state index in [0.29, 0.717) is 31.0 Å². The van der Waals surface area contributed by atoms with Crippen LogP contribution in [-0.2, 0) is 9.59 Å². The van der Waals surface area contributed by atoms with Gasteiger partial charge in [-0.15, -0.1) is 0 Å². The number of carbonyl (C=O) groups excluding carboxylic acids is 2. The molecule has 1 aliphatic carbocycles. The number of aliphatic hydroxyl groups excluding tert-OH is 1. The van der Waals surface area contributed by atoms with Crippen LogP contribution < -0.4 is 0 Å². The fourth-order valence-corrected chi connectivity index (χ4v) is 2.36. The lowest BCUT2D eigenvalue weighted by Gasteiger charge is -2.34. The smallest absolute Gasteiger partial charge is 0.269 e. The molecule has 2 rings (SSSR count). The van der Waals surface area contributed by atoms with Gasteiger partial charge in [-0.2, -0.15) is 5.10 Å². The molecule has 2 aliphatic rings. The molecular weight excluding hydrogens is 234 g/mol. The summed E-state index contributed by atoms with van der Waals surface area (Å²) in [6.45, 7) is 0.645. The Morgan fingerprint density at radius 2 is 2.17 bits per heavy atom. The molecule has 1 N–H and O–H groups in total. The highest BCUT2D eigenvalue weighted by Gasteiger charge is 2.31. The molecular formula is C12H19N3O3. The van der Waals surface area contributed by atoms with Crippen molar-refractivity contribution in [2.75, 3.05) is 20.6 Å². The minimum atomic E-state index is -0.200. The van der Waals surface area contributed by atoms with Gasteiger partial charge in [-0.3, -0.25) is 9.59 Å². The van der Waals surface area contributed by atoms with E-state index in [0.717, 1.165) is 12.8 Å². The van der Waals surface area contributed by atoms with E-state index in [9.17, 15) is 14.7 Å². The van der Waals surface area contributed by atoms with Crippen LogP contribution in [0.1, 0.15) is 25.7 Å². The van der Waals surface area contributed by atoms with E-state index in [1.807, 2.05) is 0 Å². The fraction of sp³-hybridized carbons (Fsp3) is 0.750. The Morgan fingerprint density at radius 1 is 1.50 bits per heavy atom. The average Bonchev–Trinajstić information content (AvgIpc) is 2.29. The van der Waals surface area contributed by atoms with E-state index in [4.69, 9.17) is 0 Å². The highest BCUT2D eigenvalue weighted by atomic mass is 16.3. The molecule has 0 aromatic rings. The number of hydrogen-bond donors (Lipinski definition) is 1. The standard InChI is InChI=1S/C12H19N3O3/c1-14(7-8-5-9(16)6-8)12(18)10-3-4-11(17)15(2)13-10/h8-9,16H,3-7H2,1-2H3. The summed E-state index contributed by atoms with van der Waals surface area (Å²) >= 11 is 0. The molecule has 0 aromatic carbocycles. The summed E-state index contributed by atoms with van der Waals surface area (Å²) in [6.07, 6.45) is 2.09. The molecule has 0 saturated heterocycles. The Kier molecular flexibility index (Phi) is 3.65. The van der Waals surface area contributed by atoms with Gasteiger partial charge in [0.2, 0.25) is 5.91 Å². The lowest BCUT2D eigenvalue weighted by molar-refractivity contribution is -0.130. The average molecular weight is 253 g/mol. The van der Waals surface area contributed by atoms with E-state index in [-0.39, 0.29) is 17.9 Å². The van der Waals surface area contributed by atoms with Crippen LogP contribution in [0.15, 0.2) is 5.10 Å². The van der Waals surface area contributed by atoms with Gasteiger partial charge in [0.25, 0.3) is 5.91 Å². The molecule has 1 aliphatic heterocycles. The van der Waals surface area contributed by atoms with Crippen LogP contribution in [0.5, 0.6) is 0 Å². The maximum atomic E-state index is 12.1. The van der Waals surface area contributed by atoms with Crippen molar-refractivity contribution in [3.8, 4) is 0 Å². The van der Waals surface area contributed by atoms with Crippen LogP contribution >= 0.6 is 0 Å². The number of hydrogen-bond acceptors (Lipinski definition) is 4. The third-order valence-corrected chi connectivity index (χ3v) is 3.54. The SMILES string of the molecule is CN(CC1CC(O)C1)C(=O)C1=NN(C)C(=O)CC1.